The van der Waals surface area contributed by atoms with Gasteiger partial charge in [-0.25, -0.2) is 4.39 Å². The molecule has 2 N–H and O–H groups in total. The van der Waals surface area contributed by atoms with Crippen LogP contribution in [-0.2, 0) is 28.7 Å². The number of likely N-dealkylation sites (tertiary alicyclic amines) is 1. The number of hydrogen-bond donors (Lipinski definition) is 2. The number of carbonyl (C=O) groups excluding carboxylic acids is 3. The topological polar surface area (TPSA) is 106 Å². The number of hydrogen-bond acceptors (Lipinski definition) is 6. The van der Waals surface area contributed by atoms with Crippen molar-refractivity contribution in [3.05, 3.63) is 88.7 Å². The molecule has 232 valence electrons. The average molecular weight is 616 g/mol. The van der Waals surface area contributed by atoms with Crippen LogP contribution in [0, 0.1) is 5.82 Å². The van der Waals surface area contributed by atoms with E-state index in [-0.39, 0.29) is 54.4 Å². The van der Waals surface area contributed by atoms with E-state index in [1.807, 2.05) is 0 Å². The molecular weight excluding hydrogens is 586 g/mol. The molecule has 0 saturated carbocycles. The first-order chi connectivity index (χ1) is 21.0. The molecule has 4 bridgehead atoms. The molecule has 2 heterocycles. The van der Waals surface area contributed by atoms with E-state index < -0.39 is 60.5 Å². The molecule has 2 aliphatic heterocycles. The van der Waals surface area contributed by atoms with Gasteiger partial charge in [-0.2, -0.15) is 13.2 Å². The zero-order valence-electron chi connectivity index (χ0n) is 23.6. The zero-order chi connectivity index (χ0) is 31.4. The minimum atomic E-state index is -4.62. The van der Waals surface area contributed by atoms with Crippen LogP contribution in [0.2, 0.25) is 0 Å². The Morgan fingerprint density at radius 3 is 2.66 bits per heavy atom. The van der Waals surface area contributed by atoms with Gasteiger partial charge in [0.2, 0.25) is 5.91 Å². The predicted molar refractivity (Wildman–Crippen MR) is 149 cm³/mol. The molecule has 2 atom stereocenters. The lowest BCUT2D eigenvalue weighted by Gasteiger charge is -2.39. The molecule has 0 aromatic heterocycles. The Hall–Kier alpha value is -4.81. The van der Waals surface area contributed by atoms with Gasteiger partial charge >= 0.3 is 6.18 Å². The number of fused-ring (bicyclic) bond motifs is 5. The van der Waals surface area contributed by atoms with E-state index in [1.165, 1.54) is 54.5 Å². The third-order valence-corrected chi connectivity index (χ3v) is 7.37. The molecular formula is C31H29F4N3O6. The summed E-state index contributed by atoms with van der Waals surface area (Å²) in [6.07, 6.45) is -5.64. The van der Waals surface area contributed by atoms with Crippen molar-refractivity contribution in [3.8, 4) is 17.2 Å². The quantitative estimate of drug-likeness (QED) is 0.434. The number of nitrogens with zero attached hydrogens (tertiary/aromatic N) is 1. The first-order valence-electron chi connectivity index (χ1n) is 13.8. The molecule has 3 aromatic rings. The van der Waals surface area contributed by atoms with Gasteiger partial charge in [0.1, 0.15) is 17.7 Å². The maximum atomic E-state index is 14.5. The fourth-order valence-corrected chi connectivity index (χ4v) is 5.23. The van der Waals surface area contributed by atoms with Crippen LogP contribution in [0.4, 0.5) is 17.6 Å². The summed E-state index contributed by atoms with van der Waals surface area (Å²) in [5, 5.41) is 5.50. The maximum Gasteiger partial charge on any atom is 0.416 e. The highest BCUT2D eigenvalue weighted by Gasteiger charge is 2.37. The van der Waals surface area contributed by atoms with E-state index in [1.54, 1.807) is 6.07 Å². The minimum Gasteiger partial charge on any atom is -0.493 e. The summed E-state index contributed by atoms with van der Waals surface area (Å²) in [4.78, 5) is 40.4. The van der Waals surface area contributed by atoms with Gasteiger partial charge < -0.3 is 29.7 Å². The molecule has 0 radical (unpaired) electrons. The number of alkyl halides is 3. The molecule has 0 spiro atoms. The summed E-state index contributed by atoms with van der Waals surface area (Å²) in [6.45, 7) is -0.438. The van der Waals surface area contributed by atoms with Crippen LogP contribution in [0.3, 0.4) is 0 Å². The van der Waals surface area contributed by atoms with Crippen molar-refractivity contribution in [2.45, 2.75) is 37.7 Å². The van der Waals surface area contributed by atoms with Crippen molar-refractivity contribution in [3.63, 3.8) is 0 Å². The molecule has 0 aliphatic carbocycles. The predicted octanol–water partition coefficient (Wildman–Crippen LogP) is 3.88. The summed E-state index contributed by atoms with van der Waals surface area (Å²) >= 11 is 0. The number of ether oxygens (including phenoxy) is 3. The molecule has 1 saturated heterocycles. The first-order valence-corrected chi connectivity index (χ1v) is 13.8. The molecule has 2 aliphatic rings. The molecule has 5 rings (SSSR count). The Labute approximate surface area is 250 Å². The number of methoxy groups -OCH3 is 1. The minimum absolute atomic E-state index is 0.0122. The fourth-order valence-electron chi connectivity index (χ4n) is 5.23. The number of piperidine rings is 1. The third kappa shape index (κ3) is 7.21. The standard InChI is InChI=1S/C31H29F4N3O6/c1-42-26-7-6-20-12-27(26)43-17-28(39)37-24-16-38(29(40)13-19-4-2-3-5-23(19)31(33,34)35)9-8-25(24)44-22-11-18(10-21(32)14-22)15-36-30(20)41/h2-7,10-12,14,24-25H,8-9,13,15-17H2,1H3,(H,36,41)(H,37,39)/t24-,25+/m1/s1. The van der Waals surface area contributed by atoms with Crippen molar-refractivity contribution in [2.24, 2.45) is 0 Å². The van der Waals surface area contributed by atoms with Crippen molar-refractivity contribution < 1.29 is 46.2 Å². The van der Waals surface area contributed by atoms with Gasteiger partial charge in [-0.3, -0.25) is 14.4 Å². The van der Waals surface area contributed by atoms with Gasteiger partial charge in [0.25, 0.3) is 11.8 Å². The van der Waals surface area contributed by atoms with E-state index in [2.05, 4.69) is 10.6 Å². The summed E-state index contributed by atoms with van der Waals surface area (Å²) < 4.78 is 72.1. The zero-order valence-corrected chi connectivity index (χ0v) is 23.6. The summed E-state index contributed by atoms with van der Waals surface area (Å²) in [7, 11) is 1.40. The van der Waals surface area contributed by atoms with Crippen molar-refractivity contribution in [1.29, 1.82) is 0 Å². The number of amides is 3. The molecule has 3 amide bonds. The van der Waals surface area contributed by atoms with E-state index in [9.17, 15) is 31.9 Å². The van der Waals surface area contributed by atoms with Crippen LogP contribution in [-0.4, -0.2) is 61.6 Å². The number of nitrogens with one attached hydrogen (secondary N) is 2. The number of halogens is 4. The van der Waals surface area contributed by atoms with Gasteiger partial charge in [0.15, 0.2) is 18.1 Å². The van der Waals surface area contributed by atoms with Crippen LogP contribution in [0.25, 0.3) is 0 Å². The number of rotatable bonds is 3. The van der Waals surface area contributed by atoms with Gasteiger partial charge in [-0.15, -0.1) is 0 Å². The molecule has 9 nitrogen and oxygen atoms in total. The number of benzene rings is 3. The second kappa shape index (κ2) is 12.8. The molecule has 13 heteroatoms. The maximum absolute atomic E-state index is 14.5. The summed E-state index contributed by atoms with van der Waals surface area (Å²) in [6, 6.07) is 12.5. The SMILES string of the molecule is COc1ccc2cc1OCC(=O)N[C@@H]1CN(C(=O)Cc3ccccc3C(F)(F)F)CC[C@@H]1Oc1cc(F)cc(c1)CNC2=O. The number of carbonyl (C=O) groups is 3. The van der Waals surface area contributed by atoms with Gasteiger partial charge in [0.05, 0.1) is 25.1 Å². The van der Waals surface area contributed by atoms with E-state index in [0.717, 1.165) is 12.1 Å². The van der Waals surface area contributed by atoms with Crippen molar-refractivity contribution in [2.75, 3.05) is 26.8 Å². The lowest BCUT2D eigenvalue weighted by Crippen LogP contribution is -2.58. The van der Waals surface area contributed by atoms with Crippen LogP contribution in [0.5, 0.6) is 17.2 Å². The van der Waals surface area contributed by atoms with Crippen LogP contribution >= 0.6 is 0 Å². The normalized spacial score (nSPS) is 19.1. The van der Waals surface area contributed by atoms with Crippen molar-refractivity contribution >= 4 is 17.7 Å². The van der Waals surface area contributed by atoms with Gasteiger partial charge in [-0.05, 0) is 47.5 Å². The first kappa shape index (κ1) is 30.6. The van der Waals surface area contributed by atoms with Crippen LogP contribution < -0.4 is 24.8 Å². The summed E-state index contributed by atoms with van der Waals surface area (Å²) in [5.41, 5.74) is -0.412. The second-order valence-electron chi connectivity index (χ2n) is 10.4. The van der Waals surface area contributed by atoms with Crippen LogP contribution in [0.1, 0.15) is 33.5 Å². The smallest absolute Gasteiger partial charge is 0.416 e. The largest absolute Gasteiger partial charge is 0.493 e. The fraction of sp³-hybridized carbons (Fsp3) is 0.323. The Kier molecular flexibility index (Phi) is 8.93. The Morgan fingerprint density at radius 2 is 1.89 bits per heavy atom. The third-order valence-electron chi connectivity index (χ3n) is 7.37. The Balaban J connectivity index is 1.40. The molecule has 3 aromatic carbocycles. The second-order valence-corrected chi connectivity index (χ2v) is 10.4. The van der Waals surface area contributed by atoms with E-state index in [0.29, 0.717) is 5.56 Å². The Morgan fingerprint density at radius 1 is 1.09 bits per heavy atom. The molecule has 0 unspecified atom stereocenters. The monoisotopic (exact) mass is 615 g/mol. The average Bonchev–Trinajstić information content (AvgIpc) is 2.98. The molecule has 44 heavy (non-hydrogen) atoms. The lowest BCUT2D eigenvalue weighted by atomic mass is 9.99. The summed E-state index contributed by atoms with van der Waals surface area (Å²) in [5.74, 6) is -1.66. The van der Waals surface area contributed by atoms with Gasteiger partial charge in [0, 0.05) is 37.7 Å². The van der Waals surface area contributed by atoms with Crippen LogP contribution in [0.15, 0.2) is 60.7 Å². The lowest BCUT2D eigenvalue weighted by molar-refractivity contribution is -0.139. The highest BCUT2D eigenvalue weighted by Crippen LogP contribution is 2.33. The highest BCUT2D eigenvalue weighted by molar-refractivity contribution is 5.95. The van der Waals surface area contributed by atoms with E-state index in [4.69, 9.17) is 14.2 Å². The van der Waals surface area contributed by atoms with Gasteiger partial charge in [-0.1, -0.05) is 18.2 Å². The molecule has 1 fully saturated rings. The van der Waals surface area contributed by atoms with E-state index >= 15 is 0 Å². The van der Waals surface area contributed by atoms with Crippen molar-refractivity contribution in [1.82, 2.24) is 15.5 Å². The highest BCUT2D eigenvalue weighted by atomic mass is 19.4. The Bertz CT molecular complexity index is 1560.